The predicted molar refractivity (Wildman–Crippen MR) is 98.7 cm³/mol. The topological polar surface area (TPSA) is 44.7 Å². The zero-order valence-corrected chi connectivity index (χ0v) is 15.1. The second-order valence-electron chi connectivity index (χ2n) is 7.36. The Hall–Kier alpha value is -1.26. The van der Waals surface area contributed by atoms with Crippen LogP contribution in [0.4, 0.5) is 5.69 Å². The van der Waals surface area contributed by atoms with Gasteiger partial charge in [0.15, 0.2) is 0 Å². The van der Waals surface area contributed by atoms with Crippen LogP contribution in [0.3, 0.4) is 0 Å². The summed E-state index contributed by atoms with van der Waals surface area (Å²) < 4.78 is 5.77. The van der Waals surface area contributed by atoms with Crippen LogP contribution in [0.1, 0.15) is 51.0 Å². The van der Waals surface area contributed by atoms with Crippen molar-refractivity contribution < 1.29 is 9.84 Å². The van der Waals surface area contributed by atoms with Gasteiger partial charge in [0.2, 0.25) is 0 Å². The van der Waals surface area contributed by atoms with E-state index in [0.717, 1.165) is 44.3 Å². The monoisotopic (exact) mass is 332 g/mol. The maximum atomic E-state index is 10.0. The van der Waals surface area contributed by atoms with E-state index in [1.165, 1.54) is 31.2 Å². The Balaban J connectivity index is 1.45. The highest BCUT2D eigenvalue weighted by Crippen LogP contribution is 2.30. The van der Waals surface area contributed by atoms with Gasteiger partial charge in [-0.15, -0.1) is 0 Å². The number of nitrogens with one attached hydrogen (secondary N) is 1. The van der Waals surface area contributed by atoms with Crippen LogP contribution in [-0.4, -0.2) is 47.9 Å². The molecule has 0 aromatic heterocycles. The van der Waals surface area contributed by atoms with Gasteiger partial charge in [-0.3, -0.25) is 0 Å². The number of phenolic OH excluding ortho intramolecular Hbond substituents is 1. The molecule has 0 spiro atoms. The summed E-state index contributed by atoms with van der Waals surface area (Å²) in [6, 6.07) is 6.98. The number of aryl methyl sites for hydroxylation is 1. The standard InChI is InChI=1S/C20H32N2O2/c1-3-24-18-7-5-17(6-8-18)22-12-10-16(11-13-22)21-19-14-15(2)4-9-20(19)23/h4,9,14,16-18,21,23H,3,5-8,10-13H2,1-2H3/t17-,18-. The summed E-state index contributed by atoms with van der Waals surface area (Å²) in [6.07, 6.45) is 7.79. The van der Waals surface area contributed by atoms with Crippen LogP contribution in [0.2, 0.25) is 0 Å². The molecule has 3 rings (SSSR count). The Morgan fingerprint density at radius 3 is 2.50 bits per heavy atom. The van der Waals surface area contributed by atoms with Gasteiger partial charge in [-0.1, -0.05) is 6.07 Å². The normalized spacial score (nSPS) is 26.4. The van der Waals surface area contributed by atoms with E-state index in [4.69, 9.17) is 4.74 Å². The molecule has 0 radical (unpaired) electrons. The van der Waals surface area contributed by atoms with Gasteiger partial charge in [-0.25, -0.2) is 0 Å². The fraction of sp³-hybridized carbons (Fsp3) is 0.700. The number of anilines is 1. The van der Waals surface area contributed by atoms with Crippen LogP contribution >= 0.6 is 0 Å². The van der Waals surface area contributed by atoms with Crippen LogP contribution < -0.4 is 5.32 Å². The summed E-state index contributed by atoms with van der Waals surface area (Å²) in [5.41, 5.74) is 2.06. The molecular formula is C20H32N2O2. The van der Waals surface area contributed by atoms with Crippen molar-refractivity contribution in [3.05, 3.63) is 23.8 Å². The molecule has 0 atom stereocenters. The molecule has 4 heteroatoms. The zero-order chi connectivity index (χ0) is 16.9. The fourth-order valence-corrected chi connectivity index (χ4v) is 4.21. The highest BCUT2D eigenvalue weighted by atomic mass is 16.5. The average molecular weight is 332 g/mol. The van der Waals surface area contributed by atoms with E-state index in [1.54, 1.807) is 6.07 Å². The number of ether oxygens (including phenoxy) is 1. The number of benzene rings is 1. The second kappa shape index (κ2) is 8.21. The minimum Gasteiger partial charge on any atom is -0.506 e. The van der Waals surface area contributed by atoms with Crippen LogP contribution in [0.5, 0.6) is 5.75 Å². The minimum atomic E-state index is 0.359. The van der Waals surface area contributed by atoms with E-state index in [9.17, 15) is 5.11 Å². The maximum absolute atomic E-state index is 10.0. The third-order valence-electron chi connectivity index (χ3n) is 5.60. The van der Waals surface area contributed by atoms with Crippen LogP contribution in [-0.2, 0) is 4.74 Å². The van der Waals surface area contributed by atoms with Crippen molar-refractivity contribution in [3.8, 4) is 5.75 Å². The number of aromatic hydroxyl groups is 1. The maximum Gasteiger partial charge on any atom is 0.138 e. The molecule has 134 valence electrons. The number of hydrogen-bond donors (Lipinski definition) is 2. The van der Waals surface area contributed by atoms with Crippen molar-refractivity contribution in [2.24, 2.45) is 0 Å². The molecule has 1 aliphatic carbocycles. The Kier molecular flexibility index (Phi) is 6.01. The lowest BCUT2D eigenvalue weighted by molar-refractivity contribution is 0.00994. The molecular weight excluding hydrogens is 300 g/mol. The first-order valence-corrected chi connectivity index (χ1v) is 9.57. The molecule has 1 saturated heterocycles. The molecule has 4 nitrogen and oxygen atoms in total. The van der Waals surface area contributed by atoms with E-state index in [1.807, 2.05) is 12.1 Å². The Morgan fingerprint density at radius 2 is 1.83 bits per heavy atom. The summed E-state index contributed by atoms with van der Waals surface area (Å²) in [4.78, 5) is 2.68. The first-order valence-electron chi connectivity index (χ1n) is 9.57. The quantitative estimate of drug-likeness (QED) is 0.802. The van der Waals surface area contributed by atoms with Crippen molar-refractivity contribution in [2.75, 3.05) is 25.0 Å². The zero-order valence-electron chi connectivity index (χ0n) is 15.1. The SMILES string of the molecule is CCO[C@H]1CC[C@H](N2CCC(Nc3cc(C)ccc3O)CC2)CC1. The molecule has 2 aliphatic rings. The van der Waals surface area contributed by atoms with Gasteiger partial charge in [-0.2, -0.15) is 0 Å². The molecule has 1 heterocycles. The summed E-state index contributed by atoms with van der Waals surface area (Å²) in [5.74, 6) is 0.359. The number of nitrogens with zero attached hydrogens (tertiary/aromatic N) is 1. The minimum absolute atomic E-state index is 0.359. The summed E-state index contributed by atoms with van der Waals surface area (Å²) in [7, 11) is 0. The van der Waals surface area contributed by atoms with E-state index < -0.39 is 0 Å². The van der Waals surface area contributed by atoms with Gasteiger partial charge in [0.25, 0.3) is 0 Å². The number of phenols is 1. The van der Waals surface area contributed by atoms with E-state index in [2.05, 4.69) is 24.1 Å². The predicted octanol–water partition coefficient (Wildman–Crippen LogP) is 3.92. The summed E-state index contributed by atoms with van der Waals surface area (Å²) >= 11 is 0. The van der Waals surface area contributed by atoms with E-state index >= 15 is 0 Å². The third kappa shape index (κ3) is 4.42. The number of rotatable bonds is 5. The molecule has 24 heavy (non-hydrogen) atoms. The Labute approximate surface area is 146 Å². The van der Waals surface area contributed by atoms with Crippen molar-refractivity contribution in [1.29, 1.82) is 0 Å². The lowest BCUT2D eigenvalue weighted by atomic mass is 9.90. The molecule has 1 aromatic carbocycles. The fourth-order valence-electron chi connectivity index (χ4n) is 4.21. The first-order chi connectivity index (χ1) is 11.7. The highest BCUT2D eigenvalue weighted by Gasteiger charge is 2.29. The van der Waals surface area contributed by atoms with Gasteiger partial charge in [-0.05, 0) is 70.1 Å². The van der Waals surface area contributed by atoms with Crippen LogP contribution in [0.15, 0.2) is 18.2 Å². The molecule has 2 N–H and O–H groups in total. The Bertz CT molecular complexity index is 518. The van der Waals surface area contributed by atoms with Crippen LogP contribution in [0, 0.1) is 6.92 Å². The first kappa shape index (κ1) is 17.6. The molecule has 0 bridgehead atoms. The summed E-state index contributed by atoms with van der Waals surface area (Å²) in [5, 5.41) is 13.5. The molecule has 0 unspecified atom stereocenters. The number of hydrogen-bond acceptors (Lipinski definition) is 4. The van der Waals surface area contributed by atoms with Gasteiger partial charge >= 0.3 is 0 Å². The van der Waals surface area contributed by atoms with Crippen LogP contribution in [0.25, 0.3) is 0 Å². The largest absolute Gasteiger partial charge is 0.506 e. The highest BCUT2D eigenvalue weighted by molar-refractivity contribution is 5.57. The van der Waals surface area contributed by atoms with Crippen molar-refractivity contribution in [2.45, 2.75) is 70.6 Å². The van der Waals surface area contributed by atoms with E-state index in [0.29, 0.717) is 17.9 Å². The number of piperidine rings is 1. The summed E-state index contributed by atoms with van der Waals surface area (Å²) in [6.45, 7) is 7.32. The van der Waals surface area contributed by atoms with Gasteiger partial charge < -0.3 is 20.1 Å². The molecule has 1 aromatic rings. The Morgan fingerprint density at radius 1 is 1.12 bits per heavy atom. The third-order valence-corrected chi connectivity index (χ3v) is 5.60. The van der Waals surface area contributed by atoms with E-state index in [-0.39, 0.29) is 0 Å². The van der Waals surface area contributed by atoms with Gasteiger partial charge in [0.1, 0.15) is 5.75 Å². The number of likely N-dealkylation sites (tertiary alicyclic amines) is 1. The van der Waals surface area contributed by atoms with Crippen molar-refractivity contribution >= 4 is 5.69 Å². The molecule has 0 amide bonds. The lowest BCUT2D eigenvalue weighted by Gasteiger charge is -2.41. The van der Waals surface area contributed by atoms with Gasteiger partial charge in [0, 0.05) is 31.8 Å². The van der Waals surface area contributed by atoms with Gasteiger partial charge in [0.05, 0.1) is 11.8 Å². The molecule has 2 fully saturated rings. The second-order valence-corrected chi connectivity index (χ2v) is 7.36. The van der Waals surface area contributed by atoms with Crippen molar-refractivity contribution in [3.63, 3.8) is 0 Å². The molecule has 1 saturated carbocycles. The smallest absolute Gasteiger partial charge is 0.138 e. The van der Waals surface area contributed by atoms with Crippen molar-refractivity contribution in [1.82, 2.24) is 4.90 Å². The lowest BCUT2D eigenvalue weighted by Crippen LogP contribution is -2.46. The molecule has 1 aliphatic heterocycles. The average Bonchev–Trinajstić information content (AvgIpc) is 2.60.